The molecule has 0 fully saturated rings. The van der Waals surface area contributed by atoms with E-state index in [0.29, 0.717) is 18.2 Å². The van der Waals surface area contributed by atoms with Crippen LogP contribution in [-0.2, 0) is 6.42 Å². The van der Waals surface area contributed by atoms with E-state index in [-0.39, 0.29) is 0 Å². The molecule has 3 N–H and O–H groups in total. The van der Waals surface area contributed by atoms with Crippen LogP contribution in [0.25, 0.3) is 0 Å². The van der Waals surface area contributed by atoms with E-state index in [0.717, 1.165) is 30.1 Å². The van der Waals surface area contributed by atoms with Gasteiger partial charge in [-0.15, -0.1) is 0 Å². The zero-order chi connectivity index (χ0) is 14.4. The van der Waals surface area contributed by atoms with Crippen LogP contribution in [0.2, 0.25) is 0 Å². The summed E-state index contributed by atoms with van der Waals surface area (Å²) < 4.78 is 5.47. The van der Waals surface area contributed by atoms with Crippen molar-refractivity contribution in [3.63, 3.8) is 0 Å². The van der Waals surface area contributed by atoms with Crippen LogP contribution in [-0.4, -0.2) is 16.6 Å². The lowest BCUT2D eigenvalue weighted by Crippen LogP contribution is -2.03. The molecule has 5 heteroatoms. The van der Waals surface area contributed by atoms with Gasteiger partial charge >= 0.3 is 0 Å². The zero-order valence-corrected chi connectivity index (χ0v) is 11.9. The van der Waals surface area contributed by atoms with E-state index < -0.39 is 0 Å². The average molecular weight is 272 g/mol. The van der Waals surface area contributed by atoms with Gasteiger partial charge in [-0.2, -0.15) is 0 Å². The Morgan fingerprint density at radius 1 is 1.20 bits per heavy atom. The van der Waals surface area contributed by atoms with Crippen molar-refractivity contribution in [3.8, 4) is 5.75 Å². The van der Waals surface area contributed by atoms with Crippen LogP contribution in [0.5, 0.6) is 5.75 Å². The van der Waals surface area contributed by atoms with Crippen molar-refractivity contribution in [2.75, 3.05) is 17.7 Å². The third kappa shape index (κ3) is 3.85. The molecule has 1 aromatic heterocycles. The van der Waals surface area contributed by atoms with Crippen molar-refractivity contribution in [2.24, 2.45) is 0 Å². The minimum atomic E-state index is 0.479. The van der Waals surface area contributed by atoms with Crippen molar-refractivity contribution >= 4 is 17.3 Å². The summed E-state index contributed by atoms with van der Waals surface area (Å²) in [5.74, 6) is 2.77. The molecule has 0 unspecified atom stereocenters. The predicted molar refractivity (Wildman–Crippen MR) is 81.3 cm³/mol. The smallest absolute Gasteiger partial charge is 0.136 e. The second-order valence-electron chi connectivity index (χ2n) is 4.43. The SMILES string of the molecule is CCCc1nc(N)cc(Nc2cccc(OCC)c2)n1. The fourth-order valence-electron chi connectivity index (χ4n) is 1.90. The monoisotopic (exact) mass is 272 g/mol. The van der Waals surface area contributed by atoms with Gasteiger partial charge in [-0.05, 0) is 25.5 Å². The topological polar surface area (TPSA) is 73.1 Å². The molecule has 0 aliphatic heterocycles. The van der Waals surface area contributed by atoms with Crippen LogP contribution in [0.4, 0.5) is 17.3 Å². The highest BCUT2D eigenvalue weighted by molar-refractivity contribution is 5.60. The molecule has 2 aromatic rings. The second-order valence-corrected chi connectivity index (χ2v) is 4.43. The van der Waals surface area contributed by atoms with Crippen molar-refractivity contribution < 1.29 is 4.74 Å². The number of ether oxygens (including phenoxy) is 1. The number of rotatable bonds is 6. The highest BCUT2D eigenvalue weighted by Gasteiger charge is 2.03. The second kappa shape index (κ2) is 6.75. The van der Waals surface area contributed by atoms with Gasteiger partial charge in [0.15, 0.2) is 0 Å². The van der Waals surface area contributed by atoms with E-state index in [1.807, 2.05) is 31.2 Å². The van der Waals surface area contributed by atoms with Crippen LogP contribution in [0.15, 0.2) is 30.3 Å². The van der Waals surface area contributed by atoms with Gasteiger partial charge in [0.1, 0.15) is 23.2 Å². The molecule has 0 aliphatic rings. The lowest BCUT2D eigenvalue weighted by Gasteiger charge is -2.10. The quantitative estimate of drug-likeness (QED) is 0.845. The van der Waals surface area contributed by atoms with E-state index in [2.05, 4.69) is 22.2 Å². The average Bonchev–Trinajstić information content (AvgIpc) is 2.39. The molecule has 0 spiro atoms. The fourth-order valence-corrected chi connectivity index (χ4v) is 1.90. The van der Waals surface area contributed by atoms with E-state index >= 15 is 0 Å². The van der Waals surface area contributed by atoms with Gasteiger partial charge in [0.05, 0.1) is 6.61 Å². The minimum absolute atomic E-state index is 0.479. The maximum absolute atomic E-state index is 5.81. The highest BCUT2D eigenvalue weighted by Crippen LogP contribution is 2.21. The van der Waals surface area contributed by atoms with Crippen LogP contribution in [0.1, 0.15) is 26.1 Å². The molecule has 2 rings (SSSR count). The molecule has 5 nitrogen and oxygen atoms in total. The summed E-state index contributed by atoms with van der Waals surface area (Å²) in [5, 5.41) is 3.23. The summed E-state index contributed by atoms with van der Waals surface area (Å²) in [6.07, 6.45) is 1.81. The van der Waals surface area contributed by atoms with Crippen molar-refractivity contribution in [3.05, 3.63) is 36.2 Å². The van der Waals surface area contributed by atoms with Crippen LogP contribution in [0.3, 0.4) is 0 Å². The first kappa shape index (κ1) is 14.1. The van der Waals surface area contributed by atoms with Crippen LogP contribution < -0.4 is 15.8 Å². The van der Waals surface area contributed by atoms with Crippen molar-refractivity contribution in [2.45, 2.75) is 26.7 Å². The van der Waals surface area contributed by atoms with Crippen LogP contribution >= 0.6 is 0 Å². The number of hydrogen-bond donors (Lipinski definition) is 2. The third-order valence-corrected chi connectivity index (χ3v) is 2.68. The Bertz CT molecular complexity index is 572. The first-order chi connectivity index (χ1) is 9.71. The molecule has 106 valence electrons. The number of anilines is 3. The van der Waals surface area contributed by atoms with Gasteiger partial charge in [0, 0.05) is 24.2 Å². The molecule has 0 atom stereocenters. The zero-order valence-electron chi connectivity index (χ0n) is 11.9. The van der Waals surface area contributed by atoms with Crippen molar-refractivity contribution in [1.82, 2.24) is 9.97 Å². The molecule has 20 heavy (non-hydrogen) atoms. The summed E-state index contributed by atoms with van der Waals surface area (Å²) in [6, 6.07) is 9.48. The number of nitrogens with one attached hydrogen (secondary N) is 1. The lowest BCUT2D eigenvalue weighted by molar-refractivity contribution is 0.340. The Labute approximate surface area is 119 Å². The van der Waals surface area contributed by atoms with Gasteiger partial charge < -0.3 is 15.8 Å². The number of aryl methyl sites for hydroxylation is 1. The predicted octanol–water partition coefficient (Wildman–Crippen LogP) is 3.15. The summed E-state index contributed by atoms with van der Waals surface area (Å²) in [4.78, 5) is 8.67. The number of nitrogen functional groups attached to an aromatic ring is 1. The molecule has 0 radical (unpaired) electrons. The van der Waals surface area contributed by atoms with E-state index in [4.69, 9.17) is 10.5 Å². The van der Waals surface area contributed by atoms with Crippen LogP contribution in [0, 0.1) is 0 Å². The third-order valence-electron chi connectivity index (χ3n) is 2.68. The number of aromatic nitrogens is 2. The van der Waals surface area contributed by atoms with Gasteiger partial charge in [-0.1, -0.05) is 13.0 Å². The Morgan fingerprint density at radius 2 is 2.05 bits per heavy atom. The molecule has 1 aromatic carbocycles. The van der Waals surface area contributed by atoms with E-state index in [1.165, 1.54) is 0 Å². The molecule has 0 saturated carbocycles. The van der Waals surface area contributed by atoms with E-state index in [1.54, 1.807) is 6.07 Å². The van der Waals surface area contributed by atoms with Gasteiger partial charge in [0.25, 0.3) is 0 Å². The van der Waals surface area contributed by atoms with Gasteiger partial charge in [-0.25, -0.2) is 9.97 Å². The van der Waals surface area contributed by atoms with Gasteiger partial charge in [0.2, 0.25) is 0 Å². The number of hydrogen-bond acceptors (Lipinski definition) is 5. The maximum atomic E-state index is 5.81. The largest absolute Gasteiger partial charge is 0.494 e. The lowest BCUT2D eigenvalue weighted by atomic mass is 10.3. The standard InChI is InChI=1S/C15H20N4O/c1-3-6-14-18-13(16)10-15(19-14)17-11-7-5-8-12(9-11)20-4-2/h5,7-10H,3-4,6H2,1-2H3,(H3,16,17,18,19). The summed E-state index contributed by atoms with van der Waals surface area (Å²) in [5.41, 5.74) is 6.72. The minimum Gasteiger partial charge on any atom is -0.494 e. The number of benzene rings is 1. The Balaban J connectivity index is 2.18. The van der Waals surface area contributed by atoms with Crippen molar-refractivity contribution in [1.29, 1.82) is 0 Å². The molecule has 0 saturated heterocycles. The molecular weight excluding hydrogens is 252 g/mol. The molecule has 0 bridgehead atoms. The van der Waals surface area contributed by atoms with Gasteiger partial charge in [-0.3, -0.25) is 0 Å². The summed E-state index contributed by atoms with van der Waals surface area (Å²) in [7, 11) is 0. The maximum Gasteiger partial charge on any atom is 0.136 e. The highest BCUT2D eigenvalue weighted by atomic mass is 16.5. The number of nitrogens with zero attached hydrogens (tertiary/aromatic N) is 2. The first-order valence-electron chi connectivity index (χ1n) is 6.84. The molecular formula is C15H20N4O. The Kier molecular flexibility index (Phi) is 4.76. The molecule has 0 aliphatic carbocycles. The normalized spacial score (nSPS) is 10.3. The first-order valence-corrected chi connectivity index (χ1v) is 6.84. The molecule has 1 heterocycles. The number of nitrogens with two attached hydrogens (primary N) is 1. The Hall–Kier alpha value is -2.30. The molecule has 0 amide bonds. The summed E-state index contributed by atoms with van der Waals surface area (Å²) in [6.45, 7) is 4.69. The Morgan fingerprint density at radius 3 is 2.80 bits per heavy atom. The summed E-state index contributed by atoms with van der Waals surface area (Å²) >= 11 is 0. The fraction of sp³-hybridized carbons (Fsp3) is 0.333. The van der Waals surface area contributed by atoms with E-state index in [9.17, 15) is 0 Å².